The summed E-state index contributed by atoms with van der Waals surface area (Å²) in [5.74, 6) is 2.28. The van der Waals surface area contributed by atoms with Gasteiger partial charge in [0, 0.05) is 0 Å². The molecule has 4 atom stereocenters. The molecule has 0 bridgehead atoms. The number of aliphatic hydroxyl groups is 3. The fourth-order valence-corrected chi connectivity index (χ4v) is 2.49. The highest BCUT2D eigenvalue weighted by molar-refractivity contribution is 5.75. The average molecular weight is 275 g/mol. The van der Waals surface area contributed by atoms with Crippen molar-refractivity contribution in [1.29, 1.82) is 0 Å². The molecular formula is C14H14N2O4. The summed E-state index contributed by atoms with van der Waals surface area (Å²) in [6.45, 7) is -0.466. The topological polar surface area (TPSA) is 87.7 Å². The molecule has 104 valence electrons. The van der Waals surface area contributed by atoms with Gasteiger partial charge in [0.1, 0.15) is 13.6 Å². The first-order valence-corrected chi connectivity index (χ1v) is 6.14. The molecule has 0 radical (unpaired) electrons. The summed E-state index contributed by atoms with van der Waals surface area (Å²) in [6.07, 6.45) is -0.139. The lowest BCUT2D eigenvalue weighted by molar-refractivity contribution is -0.0718. The molecule has 3 rings (SSSR count). The summed E-state index contributed by atoms with van der Waals surface area (Å²) in [5.41, 5.74) is -0.596. The van der Waals surface area contributed by atoms with Gasteiger partial charge in [-0.2, -0.15) is 0 Å². The highest BCUT2D eigenvalue weighted by Crippen LogP contribution is 2.39. The van der Waals surface area contributed by atoms with E-state index in [0.717, 1.165) is 0 Å². The van der Waals surface area contributed by atoms with E-state index in [-0.39, 0.29) is 0 Å². The van der Waals surface area contributed by atoms with Crippen LogP contribution >= 0.6 is 0 Å². The highest BCUT2D eigenvalue weighted by atomic mass is 16.6. The molecule has 6 nitrogen and oxygen atoms in total. The quantitative estimate of drug-likeness (QED) is 0.652. The summed E-state index contributed by atoms with van der Waals surface area (Å²) < 4.78 is 14.1. The molecule has 0 amide bonds. The summed E-state index contributed by atoms with van der Waals surface area (Å²) in [6, 6.07) is 7.23. The van der Waals surface area contributed by atoms with Gasteiger partial charge in [-0.1, -0.05) is 18.1 Å². The van der Waals surface area contributed by atoms with Crippen molar-refractivity contribution in [1.82, 2.24) is 9.55 Å². The van der Waals surface area contributed by atoms with Crippen LogP contribution < -0.4 is 0 Å². The van der Waals surface area contributed by atoms with E-state index in [4.69, 9.17) is 6.11 Å². The molecule has 2 heterocycles. The smallest absolute Gasteiger partial charge is 0.199 e. The number of benzene rings is 1. The first-order valence-electron chi connectivity index (χ1n) is 6.64. The highest BCUT2D eigenvalue weighted by Gasteiger charge is 2.55. The van der Waals surface area contributed by atoms with Gasteiger partial charge in [0.2, 0.25) is 0 Å². The molecule has 2 aromatic rings. The Kier molecular flexibility index (Phi) is 2.72. The Labute approximate surface area is 116 Å². The van der Waals surface area contributed by atoms with Gasteiger partial charge < -0.3 is 20.1 Å². The lowest BCUT2D eigenvalue weighted by Gasteiger charge is -2.26. The van der Waals surface area contributed by atoms with E-state index in [1.54, 1.807) is 16.7 Å². The Morgan fingerprint density at radius 2 is 2.35 bits per heavy atom. The van der Waals surface area contributed by atoms with Gasteiger partial charge in [-0.15, -0.1) is 6.40 Å². The first kappa shape index (κ1) is 11.9. The van der Waals surface area contributed by atoms with E-state index in [1.807, 2.05) is 18.5 Å². The van der Waals surface area contributed by atoms with Gasteiger partial charge in [0.25, 0.3) is 0 Å². The number of aliphatic hydroxyl groups excluding tert-OH is 2. The number of imidazole rings is 1. The van der Waals surface area contributed by atoms with E-state index in [0.29, 0.717) is 11.0 Å². The lowest BCUT2D eigenvalue weighted by Crippen LogP contribution is -2.45. The Hall–Kier alpha value is -1.91. The number of terminal acetylenes is 1. The molecule has 0 saturated carbocycles. The monoisotopic (exact) mass is 275 g/mol. The zero-order valence-electron chi connectivity index (χ0n) is 11.5. The molecule has 3 N–H and O–H groups in total. The molecule has 6 heteroatoms. The molecule has 0 spiro atoms. The zero-order valence-corrected chi connectivity index (χ0v) is 10.5. The van der Waals surface area contributed by atoms with E-state index >= 15 is 0 Å². The van der Waals surface area contributed by atoms with E-state index in [1.165, 1.54) is 6.33 Å². The van der Waals surface area contributed by atoms with Crippen molar-refractivity contribution in [2.45, 2.75) is 24.0 Å². The maximum atomic E-state index is 10.6. The fraction of sp³-hybridized carbons (Fsp3) is 0.357. The average Bonchev–Trinajstić information content (AvgIpc) is 3.01. The van der Waals surface area contributed by atoms with Crippen molar-refractivity contribution in [2.75, 3.05) is 6.61 Å². The Bertz CT molecular complexity index is 722. The van der Waals surface area contributed by atoms with Gasteiger partial charge in [-0.25, -0.2) is 4.98 Å². The Balaban J connectivity index is 2.12. The number of rotatable bonds is 2. The van der Waals surface area contributed by atoms with Gasteiger partial charge in [0.05, 0.1) is 24.0 Å². The summed E-state index contributed by atoms with van der Waals surface area (Å²) in [4.78, 5) is 4.20. The number of hydrogen-bond acceptors (Lipinski definition) is 5. The summed E-state index contributed by atoms with van der Waals surface area (Å²) in [5, 5.41) is 30.0. The minimum Gasteiger partial charge on any atom is -0.394 e. The number of ether oxygens (including phenoxy) is 1. The third-order valence-electron chi connectivity index (χ3n) is 3.60. The van der Waals surface area contributed by atoms with Crippen molar-refractivity contribution >= 4 is 11.0 Å². The SMILES string of the molecule is [2H]C#C[C@]1(O)C(n2cnc3ccccc32)O[C@H](CO)[C@H]1O. The van der Waals surface area contributed by atoms with Crippen molar-refractivity contribution in [2.24, 2.45) is 0 Å². The molecule has 1 aromatic heterocycles. The van der Waals surface area contributed by atoms with Crippen LogP contribution in [0, 0.1) is 12.3 Å². The van der Waals surface area contributed by atoms with Gasteiger partial charge in [-0.3, -0.25) is 4.57 Å². The molecule has 20 heavy (non-hydrogen) atoms. The third kappa shape index (κ3) is 1.65. The second-order valence-electron chi connectivity index (χ2n) is 4.75. The van der Waals surface area contributed by atoms with E-state index in [2.05, 4.69) is 10.9 Å². The van der Waals surface area contributed by atoms with Crippen molar-refractivity contribution in [3.05, 3.63) is 30.6 Å². The molecule has 0 aliphatic carbocycles. The molecule has 1 aromatic carbocycles. The van der Waals surface area contributed by atoms with Crippen molar-refractivity contribution < 1.29 is 21.4 Å². The number of hydrogen-bond donors (Lipinski definition) is 3. The maximum absolute atomic E-state index is 10.6. The third-order valence-corrected chi connectivity index (χ3v) is 3.60. The molecule has 1 unspecified atom stereocenters. The molecule has 1 saturated heterocycles. The molecule has 1 fully saturated rings. The summed E-state index contributed by atoms with van der Waals surface area (Å²) in [7, 11) is 0. The minimum atomic E-state index is -1.99. The van der Waals surface area contributed by atoms with Gasteiger partial charge in [-0.05, 0) is 12.1 Å². The van der Waals surface area contributed by atoms with Crippen LogP contribution in [0.15, 0.2) is 30.6 Å². The second kappa shape index (κ2) is 4.58. The second-order valence-corrected chi connectivity index (χ2v) is 4.75. The van der Waals surface area contributed by atoms with Crippen LogP contribution in [0.4, 0.5) is 0 Å². The largest absolute Gasteiger partial charge is 0.394 e. The van der Waals surface area contributed by atoms with E-state index in [9.17, 15) is 15.3 Å². The molecular weight excluding hydrogens is 260 g/mol. The van der Waals surface area contributed by atoms with Crippen LogP contribution in [0.3, 0.4) is 0 Å². The van der Waals surface area contributed by atoms with Crippen LogP contribution in [-0.4, -0.2) is 49.3 Å². The van der Waals surface area contributed by atoms with Crippen molar-refractivity contribution in [3.8, 4) is 12.3 Å². The first-order chi connectivity index (χ1) is 10.1. The van der Waals surface area contributed by atoms with Crippen LogP contribution in [0.5, 0.6) is 0 Å². The summed E-state index contributed by atoms with van der Waals surface area (Å²) >= 11 is 0. The molecule has 1 aliphatic heterocycles. The number of fused-ring (bicyclic) bond motifs is 1. The van der Waals surface area contributed by atoms with Crippen LogP contribution in [0.2, 0.25) is 0 Å². The predicted molar refractivity (Wildman–Crippen MR) is 70.5 cm³/mol. The normalized spacial score (nSPS) is 33.8. The van der Waals surface area contributed by atoms with Crippen LogP contribution in [-0.2, 0) is 4.74 Å². The number of aromatic nitrogens is 2. The van der Waals surface area contributed by atoms with E-state index < -0.39 is 30.6 Å². The fourth-order valence-electron chi connectivity index (χ4n) is 2.49. The maximum Gasteiger partial charge on any atom is 0.199 e. The van der Waals surface area contributed by atoms with Crippen LogP contribution in [0.1, 0.15) is 7.60 Å². The van der Waals surface area contributed by atoms with Gasteiger partial charge in [0.15, 0.2) is 11.8 Å². The van der Waals surface area contributed by atoms with Gasteiger partial charge >= 0.3 is 0 Å². The predicted octanol–water partition coefficient (Wildman–Crippen LogP) is -0.349. The minimum absolute atomic E-state index is 0.466. The zero-order chi connectivity index (χ0) is 15.0. The standard InChI is InChI=1S/C14H14N2O4/c1-2-14(19)12(18)11(7-17)20-13(14)16-8-15-9-5-3-4-6-10(9)16/h1,3-6,8,11-13,17-19H,7H2/t11-,12-,13?,14-/m1/s1/i1D. The number of nitrogens with zero attached hydrogens (tertiary/aromatic N) is 2. The lowest BCUT2D eigenvalue weighted by atomic mass is 9.95. The van der Waals surface area contributed by atoms with Crippen molar-refractivity contribution in [3.63, 3.8) is 0 Å². The van der Waals surface area contributed by atoms with Crippen LogP contribution in [0.25, 0.3) is 11.0 Å². The Morgan fingerprint density at radius 1 is 1.55 bits per heavy atom. The Morgan fingerprint density at radius 3 is 3.10 bits per heavy atom. The molecule has 1 aliphatic rings. The number of para-hydroxylation sites is 2.